The van der Waals surface area contributed by atoms with E-state index in [-0.39, 0.29) is 0 Å². The summed E-state index contributed by atoms with van der Waals surface area (Å²) < 4.78 is 9.36. The van der Waals surface area contributed by atoms with Crippen molar-refractivity contribution in [2.45, 2.75) is 64.2 Å². The van der Waals surface area contributed by atoms with Crippen LogP contribution in [0.4, 0.5) is 0 Å². The van der Waals surface area contributed by atoms with E-state index in [2.05, 4.69) is 36.9 Å². The topological polar surface area (TPSA) is 18.5 Å². The molecule has 3 heteroatoms. The van der Waals surface area contributed by atoms with Crippen molar-refractivity contribution in [1.82, 2.24) is 0 Å². The summed E-state index contributed by atoms with van der Waals surface area (Å²) in [4.78, 5) is 0. The molecule has 0 spiro atoms. The van der Waals surface area contributed by atoms with Crippen LogP contribution in [-0.2, 0) is 9.47 Å². The monoisotopic (exact) mass is 549 g/mol. The van der Waals surface area contributed by atoms with Gasteiger partial charge < -0.3 is 9.47 Å². The molecule has 0 bridgehead atoms. The summed E-state index contributed by atoms with van der Waals surface area (Å²) in [6, 6.07) is 0. The Morgan fingerprint density at radius 1 is 0.619 bits per heavy atom. The van der Waals surface area contributed by atoms with Crippen LogP contribution in [0.2, 0.25) is 0 Å². The Kier molecular flexibility index (Phi) is 31.2. The molecule has 0 N–H and O–H groups in total. The van der Waals surface area contributed by atoms with Gasteiger partial charge in [0.15, 0.2) is 0 Å². The fraction of sp³-hybridized carbons (Fsp3) is 0.667. The van der Waals surface area contributed by atoms with Crippen molar-refractivity contribution in [3.8, 4) is 0 Å². The number of hydrogen-bond acceptors (Lipinski definition) is 2. The Morgan fingerprint density at radius 3 is 1.24 bits per heavy atom. The molecule has 0 heterocycles. The van der Waals surface area contributed by atoms with Crippen LogP contribution in [0.15, 0.2) is 25.3 Å². The minimum atomic E-state index is 0. The molecule has 0 saturated heterocycles. The average Bonchev–Trinajstić information content (AvgIpc) is 2.47. The van der Waals surface area contributed by atoms with Crippen LogP contribution in [0, 0.1) is 14.2 Å². The van der Waals surface area contributed by atoms with Crippen LogP contribution in [-0.4, -0.2) is 13.2 Å². The molecule has 0 aromatic heterocycles. The molecule has 0 aromatic carbocycles. The quantitative estimate of drug-likeness (QED) is 0.154. The van der Waals surface area contributed by atoms with E-state index in [9.17, 15) is 0 Å². The smallest absolute Gasteiger partial charge is 0.0110 e. The molecule has 21 heavy (non-hydrogen) atoms. The van der Waals surface area contributed by atoms with E-state index < -0.39 is 0 Å². The minimum absolute atomic E-state index is 0. The summed E-state index contributed by atoms with van der Waals surface area (Å²) in [7, 11) is 6.61. The fourth-order valence-electron chi connectivity index (χ4n) is 1.69. The van der Waals surface area contributed by atoms with Crippen molar-refractivity contribution in [1.29, 1.82) is 0 Å². The first kappa shape index (κ1) is 24.4. The van der Waals surface area contributed by atoms with Crippen LogP contribution in [0.5, 0.6) is 0 Å². The Morgan fingerprint density at radius 2 is 0.952 bits per heavy atom. The SMILES string of the molecule is C=CCCCCCCO[CH2-].C=CCCCCCCO[CH2-].[Rf]. The van der Waals surface area contributed by atoms with E-state index in [1.807, 2.05) is 12.2 Å². The maximum Gasteiger partial charge on any atom is 0.0110 e. The van der Waals surface area contributed by atoms with E-state index in [1.165, 1.54) is 38.5 Å². The molecule has 122 valence electrons. The van der Waals surface area contributed by atoms with Gasteiger partial charge in [-0.2, -0.15) is 0 Å². The van der Waals surface area contributed by atoms with Gasteiger partial charge in [-0.3, -0.25) is 0 Å². The number of allylic oxidation sites excluding steroid dienone is 2. The van der Waals surface area contributed by atoms with Gasteiger partial charge in [-0.05, 0) is 38.5 Å². The zero-order valence-corrected chi connectivity index (χ0v) is 20.4. The molecule has 0 rings (SSSR count). The molecule has 0 unspecified atom stereocenters. The molecule has 0 radical (unpaired) electrons. The van der Waals surface area contributed by atoms with Gasteiger partial charge in [0, 0.05) is 13.2 Å². The number of unbranched alkanes of at least 4 members (excludes halogenated alkanes) is 8. The largest absolute Gasteiger partial charge is 0.555 e. The zero-order chi connectivity index (χ0) is 15.3. The minimum Gasteiger partial charge on any atom is -0.555 e. The predicted molar refractivity (Wildman–Crippen MR) is 89.2 cm³/mol. The van der Waals surface area contributed by atoms with Crippen LogP contribution in [0.3, 0.4) is 0 Å². The van der Waals surface area contributed by atoms with Gasteiger partial charge >= 0.3 is 0 Å². The van der Waals surface area contributed by atoms with Gasteiger partial charge in [-0.15, -0.1) is 13.2 Å². The maximum atomic E-state index is 4.68. The third-order valence-corrected chi connectivity index (χ3v) is 2.89. The molecule has 0 saturated carbocycles. The molecule has 0 fully saturated rings. The van der Waals surface area contributed by atoms with Crippen molar-refractivity contribution in [2.75, 3.05) is 13.2 Å². The summed E-state index contributed by atoms with van der Waals surface area (Å²) >= 11 is 0. The van der Waals surface area contributed by atoms with Crippen LogP contribution >= 0.6 is 0 Å². The van der Waals surface area contributed by atoms with Crippen molar-refractivity contribution in [2.24, 2.45) is 0 Å². The summed E-state index contributed by atoms with van der Waals surface area (Å²) in [5.74, 6) is 0. The standard InChI is InChI=1S/2C9H17O.Rf/c2*1-3-4-5-6-7-8-9-10-2;/h2*3H,1-2,4-9H2;/q2*-1;. The van der Waals surface area contributed by atoms with Crippen molar-refractivity contribution in [3.05, 3.63) is 39.5 Å². The average molecular weight is 549 g/mol. The molecule has 0 aliphatic heterocycles. The van der Waals surface area contributed by atoms with Gasteiger partial charge in [0.2, 0.25) is 0 Å². The molecule has 2 nitrogen and oxygen atoms in total. The molecule has 0 aliphatic carbocycles. The molecular weight excluding hydrogens is 515 g/mol. The van der Waals surface area contributed by atoms with Gasteiger partial charge in [-0.25, -0.2) is 14.2 Å². The first-order chi connectivity index (χ1) is 9.83. The second-order valence-corrected chi connectivity index (χ2v) is 4.80. The zero-order valence-electron chi connectivity index (χ0n) is 14.0. The van der Waals surface area contributed by atoms with Crippen LogP contribution in [0.25, 0.3) is 0 Å². The van der Waals surface area contributed by atoms with Gasteiger partial charge in [0.25, 0.3) is 0 Å². The first-order valence-electron chi connectivity index (χ1n) is 7.79. The maximum absolute atomic E-state index is 4.68. The Balaban J connectivity index is -0.000000295. The Bertz CT molecular complexity index is 164. The van der Waals surface area contributed by atoms with E-state index in [4.69, 9.17) is 0 Å². The van der Waals surface area contributed by atoms with Crippen molar-refractivity contribution < 1.29 is 9.47 Å². The Labute approximate surface area is 127 Å². The summed E-state index contributed by atoms with van der Waals surface area (Å²) in [5, 5.41) is 0. The summed E-state index contributed by atoms with van der Waals surface area (Å²) in [6.07, 6.45) is 16.1. The number of rotatable bonds is 14. The Hall–Kier alpha value is -1.60. The molecule has 0 aliphatic rings. The van der Waals surface area contributed by atoms with Gasteiger partial charge in [0.05, 0.1) is 0 Å². The third-order valence-electron chi connectivity index (χ3n) is 2.89. The van der Waals surface area contributed by atoms with Gasteiger partial charge in [0.1, 0.15) is 0 Å². The number of hydrogen-bond donors (Lipinski definition) is 0. The van der Waals surface area contributed by atoms with Crippen molar-refractivity contribution >= 4 is 0 Å². The second kappa shape index (κ2) is 26.9. The third kappa shape index (κ3) is 32.2. The first-order valence-corrected chi connectivity index (χ1v) is 7.79. The van der Waals surface area contributed by atoms with E-state index in [0.29, 0.717) is 0 Å². The molecule has 0 aromatic rings. The summed E-state index contributed by atoms with van der Waals surface area (Å²) in [6.45, 7) is 8.92. The normalized spacial score (nSPS) is 9.24. The number of ether oxygens (including phenoxy) is 2. The van der Waals surface area contributed by atoms with Crippen LogP contribution in [0.1, 0.15) is 64.2 Å². The molecule has 0 atom stereocenters. The predicted octanol–water partition coefficient (Wildman–Crippen LogP) is 5.86. The van der Waals surface area contributed by atoms with E-state index in [0.717, 1.165) is 38.9 Å². The van der Waals surface area contributed by atoms with Crippen LogP contribution < -0.4 is 0 Å². The van der Waals surface area contributed by atoms with Gasteiger partial charge in [-0.1, -0.05) is 37.8 Å². The second-order valence-electron chi connectivity index (χ2n) is 4.80. The van der Waals surface area contributed by atoms with E-state index >= 15 is 0 Å². The van der Waals surface area contributed by atoms with E-state index in [1.54, 1.807) is 0 Å². The molecular formula is C18H34O2Rf-2. The summed E-state index contributed by atoms with van der Waals surface area (Å²) in [5.41, 5.74) is 0. The fourth-order valence-corrected chi connectivity index (χ4v) is 1.69. The van der Waals surface area contributed by atoms with Crippen molar-refractivity contribution in [3.63, 3.8) is 0 Å². The molecule has 0 amide bonds.